The largest absolute Gasteiger partial charge is 0.481 e. The van der Waals surface area contributed by atoms with E-state index in [1.165, 1.54) is 5.56 Å². The predicted molar refractivity (Wildman–Crippen MR) is 110 cm³/mol. The second-order valence-electron chi connectivity index (χ2n) is 7.59. The van der Waals surface area contributed by atoms with Crippen molar-refractivity contribution in [2.75, 3.05) is 13.1 Å². The highest BCUT2D eigenvalue weighted by molar-refractivity contribution is 6.32. The molecule has 1 amide bonds. The lowest BCUT2D eigenvalue weighted by Gasteiger charge is -2.33. The van der Waals surface area contributed by atoms with Crippen molar-refractivity contribution >= 4 is 17.5 Å². The van der Waals surface area contributed by atoms with E-state index in [-0.39, 0.29) is 5.91 Å². The van der Waals surface area contributed by atoms with Crippen LogP contribution < -0.4 is 4.74 Å². The monoisotopic (exact) mass is 385 g/mol. The van der Waals surface area contributed by atoms with Crippen molar-refractivity contribution in [3.05, 3.63) is 64.2 Å². The molecule has 1 fully saturated rings. The molecule has 0 aliphatic carbocycles. The minimum atomic E-state index is -0.490. The second kappa shape index (κ2) is 8.79. The van der Waals surface area contributed by atoms with Crippen molar-refractivity contribution in [1.29, 1.82) is 0 Å². The van der Waals surface area contributed by atoms with E-state index >= 15 is 0 Å². The van der Waals surface area contributed by atoms with Crippen molar-refractivity contribution in [3.8, 4) is 5.75 Å². The predicted octanol–water partition coefficient (Wildman–Crippen LogP) is 5.21. The summed E-state index contributed by atoms with van der Waals surface area (Å²) in [6.07, 6.45) is 2.70. The fourth-order valence-electron chi connectivity index (χ4n) is 3.79. The zero-order valence-electron chi connectivity index (χ0n) is 16.4. The third-order valence-corrected chi connectivity index (χ3v) is 5.96. The van der Waals surface area contributed by atoms with E-state index in [1.807, 2.05) is 37.8 Å². The number of likely N-dealkylation sites (tertiary alicyclic amines) is 1. The van der Waals surface area contributed by atoms with E-state index in [2.05, 4.69) is 30.3 Å². The number of aryl methyl sites for hydroxylation is 2. The highest BCUT2D eigenvalue weighted by Crippen LogP contribution is 2.27. The maximum atomic E-state index is 12.8. The molecule has 0 aromatic heterocycles. The molecule has 3 nitrogen and oxygen atoms in total. The first kappa shape index (κ1) is 19.8. The van der Waals surface area contributed by atoms with Gasteiger partial charge in [-0.05, 0) is 74.8 Å². The van der Waals surface area contributed by atoms with Crippen LogP contribution in [-0.4, -0.2) is 30.0 Å². The first-order valence-electron chi connectivity index (χ1n) is 9.70. The molecule has 4 heteroatoms. The Hall–Kier alpha value is -2.00. The number of carbonyl (C=O) groups excluding carboxylic acids is 1. The average molecular weight is 386 g/mol. The summed E-state index contributed by atoms with van der Waals surface area (Å²) in [5, 5.41) is 0.752. The lowest BCUT2D eigenvalue weighted by molar-refractivity contribution is -0.139. The van der Waals surface area contributed by atoms with Gasteiger partial charge in [-0.25, -0.2) is 0 Å². The van der Waals surface area contributed by atoms with Gasteiger partial charge >= 0.3 is 0 Å². The van der Waals surface area contributed by atoms with Gasteiger partial charge in [-0.15, -0.1) is 0 Å². The third-order valence-electron chi connectivity index (χ3n) is 5.36. The van der Waals surface area contributed by atoms with Gasteiger partial charge in [0.2, 0.25) is 0 Å². The zero-order valence-corrected chi connectivity index (χ0v) is 17.1. The van der Waals surface area contributed by atoms with Gasteiger partial charge in [0.05, 0.1) is 0 Å². The van der Waals surface area contributed by atoms with Gasteiger partial charge in [0.1, 0.15) is 5.75 Å². The van der Waals surface area contributed by atoms with Crippen LogP contribution in [0, 0.1) is 19.8 Å². The number of halogens is 1. The fourth-order valence-corrected chi connectivity index (χ4v) is 3.90. The first-order valence-corrected chi connectivity index (χ1v) is 10.1. The lowest BCUT2D eigenvalue weighted by atomic mass is 9.90. The second-order valence-corrected chi connectivity index (χ2v) is 7.97. The minimum absolute atomic E-state index is 0.0680. The van der Waals surface area contributed by atoms with E-state index in [0.29, 0.717) is 11.7 Å². The number of hydrogen-bond acceptors (Lipinski definition) is 2. The topological polar surface area (TPSA) is 29.5 Å². The van der Waals surface area contributed by atoms with E-state index in [4.69, 9.17) is 16.3 Å². The van der Waals surface area contributed by atoms with Crippen molar-refractivity contribution in [2.45, 2.75) is 46.1 Å². The Balaban J connectivity index is 1.52. The number of piperidine rings is 1. The van der Waals surface area contributed by atoms with Crippen LogP contribution in [0.2, 0.25) is 5.02 Å². The summed E-state index contributed by atoms with van der Waals surface area (Å²) in [6.45, 7) is 7.35. The number of nitrogens with zero attached hydrogens (tertiary/aromatic N) is 1. The molecule has 2 aromatic carbocycles. The summed E-state index contributed by atoms with van der Waals surface area (Å²) < 4.78 is 5.92. The molecule has 144 valence electrons. The molecule has 0 saturated carbocycles. The molecule has 1 heterocycles. The molecule has 1 aliphatic heterocycles. The number of amides is 1. The van der Waals surface area contributed by atoms with E-state index in [1.54, 1.807) is 0 Å². The quantitative estimate of drug-likeness (QED) is 0.707. The summed E-state index contributed by atoms with van der Waals surface area (Å²) in [7, 11) is 0. The molecule has 0 radical (unpaired) electrons. The molecule has 3 rings (SSSR count). The Bertz CT molecular complexity index is 759. The van der Waals surface area contributed by atoms with Gasteiger partial charge in [0.25, 0.3) is 5.91 Å². The van der Waals surface area contributed by atoms with Gasteiger partial charge in [-0.2, -0.15) is 0 Å². The Morgan fingerprint density at radius 2 is 1.74 bits per heavy atom. The molecule has 1 aliphatic rings. The first-order chi connectivity index (χ1) is 12.9. The highest BCUT2D eigenvalue weighted by Gasteiger charge is 2.27. The highest BCUT2D eigenvalue weighted by atomic mass is 35.5. The van der Waals surface area contributed by atoms with E-state index < -0.39 is 6.10 Å². The summed E-state index contributed by atoms with van der Waals surface area (Å²) in [5.74, 6) is 1.42. The molecule has 27 heavy (non-hydrogen) atoms. The Kier molecular flexibility index (Phi) is 6.43. The molecular formula is C23H28ClNO2. The Labute approximate surface area is 167 Å². The molecule has 1 atom stereocenters. The van der Waals surface area contributed by atoms with Crippen molar-refractivity contribution in [1.82, 2.24) is 4.90 Å². The van der Waals surface area contributed by atoms with Crippen molar-refractivity contribution in [2.24, 2.45) is 5.92 Å². The van der Waals surface area contributed by atoms with Gasteiger partial charge < -0.3 is 9.64 Å². The summed E-state index contributed by atoms with van der Waals surface area (Å²) in [4.78, 5) is 14.7. The smallest absolute Gasteiger partial charge is 0.263 e. The zero-order chi connectivity index (χ0) is 19.4. The van der Waals surface area contributed by atoms with Crippen LogP contribution in [0.3, 0.4) is 0 Å². The third kappa shape index (κ3) is 5.04. The van der Waals surface area contributed by atoms with Gasteiger partial charge in [-0.1, -0.05) is 41.9 Å². The number of ether oxygens (including phenoxy) is 1. The van der Waals surface area contributed by atoms with Crippen molar-refractivity contribution in [3.63, 3.8) is 0 Å². The molecule has 1 saturated heterocycles. The SMILES string of the molecule is Cc1cc(O[C@H](C)C(=O)N2CCC(Cc3ccccc3)CC2)cc(C)c1Cl. The normalized spacial score (nSPS) is 16.2. The number of carbonyl (C=O) groups is 1. The van der Waals surface area contributed by atoms with Crippen LogP contribution in [-0.2, 0) is 11.2 Å². The maximum Gasteiger partial charge on any atom is 0.263 e. The Morgan fingerprint density at radius 3 is 2.33 bits per heavy atom. The molecule has 0 N–H and O–H groups in total. The van der Waals surface area contributed by atoms with Crippen LogP contribution in [0.15, 0.2) is 42.5 Å². The number of benzene rings is 2. The molecule has 0 spiro atoms. The van der Waals surface area contributed by atoms with E-state index in [0.717, 1.165) is 48.5 Å². The van der Waals surface area contributed by atoms with Gasteiger partial charge in [0, 0.05) is 18.1 Å². The van der Waals surface area contributed by atoms with Gasteiger partial charge in [0.15, 0.2) is 6.10 Å². The van der Waals surface area contributed by atoms with Crippen LogP contribution in [0.25, 0.3) is 0 Å². The standard InChI is InChI=1S/C23H28ClNO2/c1-16-13-21(14-17(2)22(16)24)27-18(3)23(26)25-11-9-20(10-12-25)15-19-7-5-4-6-8-19/h4-8,13-14,18,20H,9-12,15H2,1-3H3/t18-/m1/s1. The number of hydrogen-bond donors (Lipinski definition) is 0. The van der Waals surface area contributed by atoms with Crippen LogP contribution in [0.5, 0.6) is 5.75 Å². The number of rotatable bonds is 5. The minimum Gasteiger partial charge on any atom is -0.481 e. The average Bonchev–Trinajstić information content (AvgIpc) is 2.67. The van der Waals surface area contributed by atoms with Crippen LogP contribution >= 0.6 is 11.6 Å². The Morgan fingerprint density at radius 1 is 1.15 bits per heavy atom. The van der Waals surface area contributed by atoms with Gasteiger partial charge in [-0.3, -0.25) is 4.79 Å². The molecular weight excluding hydrogens is 358 g/mol. The van der Waals surface area contributed by atoms with Crippen LogP contribution in [0.1, 0.15) is 36.5 Å². The summed E-state index contributed by atoms with van der Waals surface area (Å²) in [5.41, 5.74) is 3.31. The van der Waals surface area contributed by atoms with E-state index in [9.17, 15) is 4.79 Å². The summed E-state index contributed by atoms with van der Waals surface area (Å²) >= 11 is 6.21. The lowest BCUT2D eigenvalue weighted by Crippen LogP contribution is -2.45. The van der Waals surface area contributed by atoms with Crippen LogP contribution in [0.4, 0.5) is 0 Å². The van der Waals surface area contributed by atoms with Crippen molar-refractivity contribution < 1.29 is 9.53 Å². The molecule has 0 unspecified atom stereocenters. The maximum absolute atomic E-state index is 12.8. The molecule has 0 bridgehead atoms. The summed E-state index contributed by atoms with van der Waals surface area (Å²) in [6, 6.07) is 14.4. The molecule has 2 aromatic rings. The fraction of sp³-hybridized carbons (Fsp3) is 0.435.